The lowest BCUT2D eigenvalue weighted by molar-refractivity contribution is -0.698. The van der Waals surface area contributed by atoms with Crippen molar-refractivity contribution >= 4 is 43.2 Å². The minimum atomic E-state index is 0.370. The SMILES string of the molecule is CCCCCCNc1cc[n+](C(Br)CCCCCCC(Br)[n+]2ccc(NCCCCCC)cc2)cc1. The number of aromatic nitrogens is 2. The van der Waals surface area contributed by atoms with Gasteiger partial charge in [0.1, 0.15) is 0 Å². The monoisotopic (exact) mass is 624 g/mol. The summed E-state index contributed by atoms with van der Waals surface area (Å²) in [6.45, 7) is 6.65. The van der Waals surface area contributed by atoms with Gasteiger partial charge < -0.3 is 10.6 Å². The number of rotatable bonds is 21. The van der Waals surface area contributed by atoms with Gasteiger partial charge >= 0.3 is 0 Å². The summed E-state index contributed by atoms with van der Waals surface area (Å²) in [5, 5.41) is 7.07. The molecule has 0 amide bonds. The molecule has 0 saturated carbocycles. The molecule has 0 spiro atoms. The molecule has 2 rings (SSSR count). The molecule has 0 radical (unpaired) electrons. The van der Waals surface area contributed by atoms with Crippen LogP contribution in [-0.2, 0) is 0 Å². The van der Waals surface area contributed by atoms with Crippen molar-refractivity contribution in [1.82, 2.24) is 0 Å². The highest BCUT2D eigenvalue weighted by molar-refractivity contribution is 9.09. The number of hydrogen-bond acceptors (Lipinski definition) is 2. The number of alkyl halides is 2. The van der Waals surface area contributed by atoms with Crippen molar-refractivity contribution in [3.8, 4) is 0 Å². The lowest BCUT2D eigenvalue weighted by Crippen LogP contribution is -2.35. The molecule has 0 aliphatic heterocycles. The molecule has 0 aliphatic carbocycles. The minimum Gasteiger partial charge on any atom is -0.385 e. The second kappa shape index (κ2) is 19.9. The first-order chi connectivity index (χ1) is 17.6. The van der Waals surface area contributed by atoms with Gasteiger partial charge in [0.2, 0.25) is 9.90 Å². The molecule has 0 bridgehead atoms. The van der Waals surface area contributed by atoms with Crippen LogP contribution < -0.4 is 19.8 Å². The van der Waals surface area contributed by atoms with Gasteiger partial charge in [0.15, 0.2) is 24.8 Å². The summed E-state index contributed by atoms with van der Waals surface area (Å²) >= 11 is 7.75. The van der Waals surface area contributed by atoms with E-state index in [2.05, 4.69) is 115 Å². The van der Waals surface area contributed by atoms with E-state index in [4.69, 9.17) is 0 Å². The van der Waals surface area contributed by atoms with Gasteiger partial charge in [0, 0.05) is 61.6 Å². The van der Waals surface area contributed by atoms with Crippen LogP contribution in [0.4, 0.5) is 11.4 Å². The van der Waals surface area contributed by atoms with E-state index in [9.17, 15) is 0 Å². The van der Waals surface area contributed by atoms with E-state index in [-0.39, 0.29) is 0 Å². The van der Waals surface area contributed by atoms with Gasteiger partial charge in [-0.1, -0.05) is 65.2 Å². The lowest BCUT2D eigenvalue weighted by atomic mass is 10.1. The predicted molar refractivity (Wildman–Crippen MR) is 162 cm³/mol. The Bertz CT molecular complexity index is 715. The Kier molecular flexibility index (Phi) is 17.2. The minimum absolute atomic E-state index is 0.370. The summed E-state index contributed by atoms with van der Waals surface area (Å²) in [6, 6.07) is 8.77. The molecule has 2 unspecified atom stereocenters. The molecule has 0 aromatic carbocycles. The van der Waals surface area contributed by atoms with Crippen LogP contribution in [0, 0.1) is 0 Å². The molecule has 2 aromatic heterocycles. The van der Waals surface area contributed by atoms with Crippen LogP contribution in [0.2, 0.25) is 0 Å². The molecule has 6 heteroatoms. The first-order valence-electron chi connectivity index (χ1n) is 14.4. The zero-order chi connectivity index (χ0) is 25.8. The van der Waals surface area contributed by atoms with E-state index in [1.54, 1.807) is 0 Å². The van der Waals surface area contributed by atoms with Crippen LogP contribution in [0.3, 0.4) is 0 Å². The molecule has 36 heavy (non-hydrogen) atoms. The molecular formula is C30H50Br2N4+2. The molecule has 2 N–H and O–H groups in total. The molecule has 4 nitrogen and oxygen atoms in total. The molecular weight excluding hydrogens is 576 g/mol. The van der Waals surface area contributed by atoms with Crippen molar-refractivity contribution in [3.63, 3.8) is 0 Å². The summed E-state index contributed by atoms with van der Waals surface area (Å²) in [5.74, 6) is 0. The molecule has 0 aliphatic rings. The Hall–Kier alpha value is -1.14. The Balaban J connectivity index is 1.55. The van der Waals surface area contributed by atoms with Gasteiger partial charge in [0.25, 0.3) is 0 Å². The number of anilines is 2. The van der Waals surface area contributed by atoms with Crippen LogP contribution in [0.5, 0.6) is 0 Å². The Morgan fingerprint density at radius 3 is 1.28 bits per heavy atom. The van der Waals surface area contributed by atoms with Crippen LogP contribution in [0.25, 0.3) is 0 Å². The summed E-state index contributed by atoms with van der Waals surface area (Å²) in [4.78, 5) is 0.740. The number of nitrogens with one attached hydrogen (secondary N) is 2. The quantitative estimate of drug-likeness (QED) is 0.0823. The highest BCUT2D eigenvalue weighted by Crippen LogP contribution is 2.21. The fourth-order valence-electron chi connectivity index (χ4n) is 4.33. The van der Waals surface area contributed by atoms with E-state index in [0.717, 1.165) is 25.9 Å². The van der Waals surface area contributed by atoms with Crippen LogP contribution in [0.1, 0.15) is 114 Å². The molecule has 0 fully saturated rings. The highest BCUT2D eigenvalue weighted by atomic mass is 79.9. The molecule has 202 valence electrons. The maximum atomic E-state index is 3.87. The first kappa shape index (κ1) is 31.1. The van der Waals surface area contributed by atoms with Gasteiger partial charge in [-0.15, -0.1) is 0 Å². The Morgan fingerprint density at radius 2 is 0.917 bits per heavy atom. The summed E-state index contributed by atoms with van der Waals surface area (Å²) < 4.78 is 4.55. The Labute approximate surface area is 237 Å². The third kappa shape index (κ3) is 13.4. The zero-order valence-electron chi connectivity index (χ0n) is 22.7. The van der Waals surface area contributed by atoms with Crippen LogP contribution in [0.15, 0.2) is 49.1 Å². The number of hydrogen-bond donors (Lipinski definition) is 2. The lowest BCUT2D eigenvalue weighted by Gasteiger charge is -2.09. The standard InChI is InChI=1S/C30H48Br2N4/c1-3-5-7-13-21-33-27-17-23-35(24-18-27)29(31)15-11-9-10-12-16-30(32)36-25-19-28(20-26-36)34-22-14-8-6-4-2/h17-20,23-26,29-30H,3-16,21-22H2,1-2H3/p+2. The average Bonchev–Trinajstić information content (AvgIpc) is 2.91. The third-order valence-electron chi connectivity index (χ3n) is 6.71. The van der Waals surface area contributed by atoms with E-state index in [1.165, 1.54) is 88.4 Å². The van der Waals surface area contributed by atoms with Crippen LogP contribution >= 0.6 is 31.9 Å². The molecule has 0 saturated heterocycles. The van der Waals surface area contributed by atoms with Crippen molar-refractivity contribution in [2.24, 2.45) is 0 Å². The third-order valence-corrected chi connectivity index (χ3v) is 8.57. The fourth-order valence-corrected chi connectivity index (χ4v) is 5.52. The van der Waals surface area contributed by atoms with E-state index >= 15 is 0 Å². The largest absolute Gasteiger partial charge is 0.385 e. The van der Waals surface area contributed by atoms with Crippen molar-refractivity contribution in [3.05, 3.63) is 49.1 Å². The maximum absolute atomic E-state index is 3.87. The normalized spacial score (nSPS) is 12.9. The molecule has 2 aromatic rings. The highest BCUT2D eigenvalue weighted by Gasteiger charge is 2.15. The molecule has 2 atom stereocenters. The van der Waals surface area contributed by atoms with Crippen molar-refractivity contribution in [1.29, 1.82) is 0 Å². The van der Waals surface area contributed by atoms with Gasteiger partial charge in [-0.25, -0.2) is 0 Å². The van der Waals surface area contributed by atoms with Gasteiger partial charge in [-0.3, -0.25) is 0 Å². The molecule has 2 heterocycles. The zero-order valence-corrected chi connectivity index (χ0v) is 25.9. The van der Waals surface area contributed by atoms with Gasteiger partial charge in [-0.2, -0.15) is 9.13 Å². The predicted octanol–water partition coefficient (Wildman–Crippen LogP) is 9.07. The second-order valence-corrected chi connectivity index (χ2v) is 12.0. The number of pyridine rings is 2. The smallest absolute Gasteiger partial charge is 0.211 e. The van der Waals surface area contributed by atoms with Gasteiger partial charge in [-0.05, 0) is 57.5 Å². The van der Waals surface area contributed by atoms with E-state index in [0.29, 0.717) is 9.90 Å². The number of unbranched alkanes of at least 4 members (excludes halogenated alkanes) is 9. The fraction of sp³-hybridized carbons (Fsp3) is 0.667. The van der Waals surface area contributed by atoms with E-state index < -0.39 is 0 Å². The van der Waals surface area contributed by atoms with Crippen LogP contribution in [-0.4, -0.2) is 13.1 Å². The first-order valence-corrected chi connectivity index (χ1v) is 16.2. The van der Waals surface area contributed by atoms with E-state index in [1.807, 2.05) is 0 Å². The van der Waals surface area contributed by atoms with Gasteiger partial charge in [0.05, 0.1) is 0 Å². The van der Waals surface area contributed by atoms with Crippen molar-refractivity contribution in [2.75, 3.05) is 23.7 Å². The second-order valence-electron chi connectivity index (χ2n) is 9.90. The number of halogens is 2. The van der Waals surface area contributed by atoms with Crippen molar-refractivity contribution in [2.45, 2.75) is 114 Å². The number of nitrogens with zero attached hydrogens (tertiary/aromatic N) is 2. The van der Waals surface area contributed by atoms with Crippen molar-refractivity contribution < 1.29 is 9.13 Å². The Morgan fingerprint density at radius 1 is 0.556 bits per heavy atom. The maximum Gasteiger partial charge on any atom is 0.211 e. The summed E-state index contributed by atoms with van der Waals surface area (Å²) in [5.41, 5.74) is 2.44. The average molecular weight is 627 g/mol. The summed E-state index contributed by atoms with van der Waals surface area (Å²) in [7, 11) is 0. The summed E-state index contributed by atoms with van der Waals surface area (Å²) in [6.07, 6.45) is 26.5. The topological polar surface area (TPSA) is 31.8 Å².